The summed E-state index contributed by atoms with van der Waals surface area (Å²) in [4.78, 5) is 22.6. The lowest BCUT2D eigenvalue weighted by molar-refractivity contribution is -0.166. The van der Waals surface area contributed by atoms with E-state index >= 15 is 0 Å². The molecule has 25 heavy (non-hydrogen) atoms. The zero-order valence-corrected chi connectivity index (χ0v) is 13.2. The van der Waals surface area contributed by atoms with E-state index in [1.165, 1.54) is 24.3 Å². The second-order valence-corrected chi connectivity index (χ2v) is 5.38. The highest BCUT2D eigenvalue weighted by Gasteiger charge is 2.38. The van der Waals surface area contributed by atoms with Gasteiger partial charge in [-0.05, 0) is 23.8 Å². The molecular weight excluding hydrogens is 336 g/mol. The van der Waals surface area contributed by atoms with Gasteiger partial charge in [0.25, 0.3) is 0 Å². The van der Waals surface area contributed by atoms with Gasteiger partial charge in [0.05, 0.1) is 19.3 Å². The highest BCUT2D eigenvalue weighted by Crippen LogP contribution is 2.25. The van der Waals surface area contributed by atoms with Crippen molar-refractivity contribution < 1.29 is 45.0 Å². The quantitative estimate of drug-likeness (QED) is 0.196. The predicted molar refractivity (Wildman–Crippen MR) is 84.7 cm³/mol. The molecule has 9 nitrogen and oxygen atoms in total. The normalized spacial score (nSPS) is 14.8. The van der Waals surface area contributed by atoms with E-state index in [4.69, 9.17) is 20.1 Å². The van der Waals surface area contributed by atoms with Gasteiger partial charge in [-0.1, -0.05) is 6.07 Å². The Kier molecular flexibility index (Phi) is 7.37. The van der Waals surface area contributed by atoms with Crippen molar-refractivity contribution in [2.24, 2.45) is 0 Å². The largest absolute Gasteiger partial charge is 0.504 e. The van der Waals surface area contributed by atoms with Crippen LogP contribution in [0.1, 0.15) is 18.4 Å². The molecule has 0 bridgehead atoms. The van der Waals surface area contributed by atoms with Crippen molar-refractivity contribution in [1.82, 2.24) is 0 Å². The van der Waals surface area contributed by atoms with Crippen LogP contribution in [0.25, 0.3) is 6.08 Å². The Morgan fingerprint density at radius 3 is 2.48 bits per heavy atom. The summed E-state index contributed by atoms with van der Waals surface area (Å²) < 4.78 is 4.77. The molecule has 0 saturated heterocycles. The summed E-state index contributed by atoms with van der Waals surface area (Å²) in [6, 6.07) is 3.90. The lowest BCUT2D eigenvalue weighted by Crippen LogP contribution is -2.43. The maximum atomic E-state index is 11.6. The van der Waals surface area contributed by atoms with Crippen LogP contribution in [0.4, 0.5) is 0 Å². The Labute approximate surface area is 143 Å². The maximum absolute atomic E-state index is 11.6. The molecule has 0 saturated carbocycles. The van der Waals surface area contributed by atoms with E-state index in [0.717, 1.165) is 6.08 Å². The van der Waals surface area contributed by atoms with Gasteiger partial charge in [-0.15, -0.1) is 0 Å². The molecule has 0 aliphatic heterocycles. The Balaban J connectivity index is 2.55. The summed E-state index contributed by atoms with van der Waals surface area (Å²) in [6.45, 7) is -1.14. The number of rotatable bonds is 9. The first kappa shape index (κ1) is 20.4. The molecule has 0 aromatic heterocycles. The number of aliphatic hydroxyl groups is 3. The molecule has 6 N–H and O–H groups in total. The highest BCUT2D eigenvalue weighted by atomic mass is 16.5. The van der Waals surface area contributed by atoms with Crippen LogP contribution in [0.3, 0.4) is 0 Å². The number of aliphatic hydroxyl groups excluding tert-OH is 2. The standard InChI is InChI=1S/C16H20O9/c17-9-11(18)8-16(24,15(22)23)5-6-25-14(21)4-2-10-1-3-12(19)13(20)7-10/h1-4,7,11,17-20,24H,5-6,8-9H2,(H,22,23)/b4-2+/t11-,16-/m1/s1. The van der Waals surface area contributed by atoms with Gasteiger partial charge in [0.2, 0.25) is 0 Å². The zero-order valence-electron chi connectivity index (χ0n) is 13.2. The summed E-state index contributed by atoms with van der Waals surface area (Å²) in [5.74, 6) is -3.09. The lowest BCUT2D eigenvalue weighted by atomic mass is 9.93. The van der Waals surface area contributed by atoms with Gasteiger partial charge in [0.15, 0.2) is 17.1 Å². The SMILES string of the molecule is O=C(/C=C/c1ccc(O)c(O)c1)OCC[C@@](O)(C[C@@H](O)CO)C(=O)O. The molecule has 1 rings (SSSR count). The van der Waals surface area contributed by atoms with Gasteiger partial charge < -0.3 is 35.4 Å². The molecule has 0 amide bonds. The van der Waals surface area contributed by atoms with Crippen molar-refractivity contribution in [1.29, 1.82) is 0 Å². The minimum atomic E-state index is -2.34. The Hall–Kier alpha value is -2.62. The number of carboxylic acid groups (broad SMARTS) is 1. The van der Waals surface area contributed by atoms with E-state index in [2.05, 4.69) is 0 Å². The van der Waals surface area contributed by atoms with E-state index < -0.39 is 49.7 Å². The monoisotopic (exact) mass is 356 g/mol. The van der Waals surface area contributed by atoms with Gasteiger partial charge in [-0.3, -0.25) is 0 Å². The van der Waals surface area contributed by atoms with Gasteiger partial charge in [0.1, 0.15) is 0 Å². The number of hydrogen-bond acceptors (Lipinski definition) is 8. The van der Waals surface area contributed by atoms with Gasteiger partial charge in [-0.2, -0.15) is 0 Å². The van der Waals surface area contributed by atoms with Crippen LogP contribution < -0.4 is 0 Å². The van der Waals surface area contributed by atoms with E-state index in [9.17, 15) is 24.9 Å². The molecule has 0 aliphatic rings. The molecule has 0 spiro atoms. The number of aromatic hydroxyl groups is 2. The summed E-state index contributed by atoms with van der Waals surface area (Å²) in [5.41, 5.74) is -1.92. The number of aliphatic carboxylic acids is 1. The van der Waals surface area contributed by atoms with Gasteiger partial charge in [-0.25, -0.2) is 9.59 Å². The molecule has 1 aromatic rings. The molecule has 1 aromatic carbocycles. The van der Waals surface area contributed by atoms with Crippen LogP contribution in [0, 0.1) is 0 Å². The van der Waals surface area contributed by atoms with Crippen LogP contribution >= 0.6 is 0 Å². The second kappa shape index (κ2) is 9.02. The minimum Gasteiger partial charge on any atom is -0.504 e. The molecule has 2 atom stereocenters. The van der Waals surface area contributed by atoms with Gasteiger partial charge in [0, 0.05) is 18.9 Å². The number of phenolic OH excluding ortho intramolecular Hbond substituents is 2. The third kappa shape index (κ3) is 6.42. The van der Waals surface area contributed by atoms with E-state index in [0.29, 0.717) is 5.56 Å². The first-order chi connectivity index (χ1) is 11.7. The molecule has 9 heteroatoms. The molecule has 0 radical (unpaired) electrons. The number of esters is 1. The number of phenols is 2. The van der Waals surface area contributed by atoms with Crippen LogP contribution in [-0.4, -0.2) is 67.5 Å². The fraction of sp³-hybridized carbons (Fsp3) is 0.375. The van der Waals surface area contributed by atoms with Crippen molar-refractivity contribution in [2.75, 3.05) is 13.2 Å². The fourth-order valence-electron chi connectivity index (χ4n) is 1.93. The summed E-state index contributed by atoms with van der Waals surface area (Å²) >= 11 is 0. The Morgan fingerprint density at radius 2 is 1.92 bits per heavy atom. The van der Waals surface area contributed by atoms with Crippen LogP contribution in [0.15, 0.2) is 24.3 Å². The van der Waals surface area contributed by atoms with Crippen LogP contribution in [-0.2, 0) is 14.3 Å². The second-order valence-electron chi connectivity index (χ2n) is 5.38. The summed E-state index contributed by atoms with van der Waals surface area (Å²) in [6.07, 6.45) is -0.175. The average Bonchev–Trinajstić information content (AvgIpc) is 2.55. The smallest absolute Gasteiger partial charge is 0.335 e. The number of carbonyl (C=O) groups excluding carboxylic acids is 1. The van der Waals surface area contributed by atoms with Crippen molar-refractivity contribution >= 4 is 18.0 Å². The number of ether oxygens (including phenoxy) is 1. The Morgan fingerprint density at radius 1 is 1.24 bits per heavy atom. The summed E-state index contributed by atoms with van der Waals surface area (Å²) in [7, 11) is 0. The van der Waals surface area contributed by atoms with Crippen LogP contribution in [0.5, 0.6) is 11.5 Å². The van der Waals surface area contributed by atoms with Gasteiger partial charge >= 0.3 is 11.9 Å². The fourth-order valence-corrected chi connectivity index (χ4v) is 1.93. The lowest BCUT2D eigenvalue weighted by Gasteiger charge is -2.24. The van der Waals surface area contributed by atoms with E-state index in [-0.39, 0.29) is 11.5 Å². The van der Waals surface area contributed by atoms with E-state index in [1.807, 2.05) is 0 Å². The first-order valence-corrected chi connectivity index (χ1v) is 7.29. The number of hydrogen-bond donors (Lipinski definition) is 6. The minimum absolute atomic E-state index is 0.308. The third-order valence-electron chi connectivity index (χ3n) is 3.35. The molecular formula is C16H20O9. The molecule has 0 unspecified atom stereocenters. The summed E-state index contributed by atoms with van der Waals surface area (Å²) in [5, 5.41) is 55.4. The predicted octanol–water partition coefficient (Wildman–Crippen LogP) is -0.397. The first-order valence-electron chi connectivity index (χ1n) is 7.29. The van der Waals surface area contributed by atoms with Crippen molar-refractivity contribution in [3.63, 3.8) is 0 Å². The van der Waals surface area contributed by atoms with Crippen molar-refractivity contribution in [2.45, 2.75) is 24.5 Å². The molecule has 0 fully saturated rings. The topological polar surface area (TPSA) is 165 Å². The zero-order chi connectivity index (χ0) is 19.0. The Bertz CT molecular complexity index is 640. The number of carbonyl (C=O) groups is 2. The molecule has 0 aliphatic carbocycles. The molecule has 0 heterocycles. The number of benzene rings is 1. The third-order valence-corrected chi connectivity index (χ3v) is 3.35. The van der Waals surface area contributed by atoms with E-state index in [1.54, 1.807) is 0 Å². The van der Waals surface area contributed by atoms with Crippen molar-refractivity contribution in [3.05, 3.63) is 29.8 Å². The molecule has 138 valence electrons. The van der Waals surface area contributed by atoms with Crippen molar-refractivity contribution in [3.8, 4) is 11.5 Å². The van der Waals surface area contributed by atoms with Crippen LogP contribution in [0.2, 0.25) is 0 Å². The number of carboxylic acids is 1. The highest BCUT2D eigenvalue weighted by molar-refractivity contribution is 5.87. The average molecular weight is 356 g/mol. The maximum Gasteiger partial charge on any atom is 0.335 e.